The van der Waals surface area contributed by atoms with Crippen LogP contribution in [0, 0.1) is 0 Å². The molecule has 0 saturated carbocycles. The molecule has 9 heteroatoms. The molecule has 1 amide bonds. The summed E-state index contributed by atoms with van der Waals surface area (Å²) in [6.07, 6.45) is 2.41. The number of carbonyl (C=O) groups excluding carboxylic acids is 1. The lowest BCUT2D eigenvalue weighted by Crippen LogP contribution is -2.48. The van der Waals surface area contributed by atoms with Crippen LogP contribution < -0.4 is 9.64 Å². The van der Waals surface area contributed by atoms with Gasteiger partial charge in [0, 0.05) is 42.2 Å². The molecule has 1 saturated heterocycles. The van der Waals surface area contributed by atoms with Gasteiger partial charge in [-0.3, -0.25) is 4.79 Å². The zero-order chi connectivity index (χ0) is 25.8. The lowest BCUT2D eigenvalue weighted by Gasteiger charge is -2.35. The minimum absolute atomic E-state index is 0.127. The van der Waals surface area contributed by atoms with Crippen molar-refractivity contribution < 1.29 is 19.0 Å². The highest BCUT2D eigenvalue weighted by Gasteiger charge is 2.25. The summed E-state index contributed by atoms with van der Waals surface area (Å²) in [5.74, 6) is -0.141. The first kappa shape index (κ1) is 24.9. The average molecular weight is 507 g/mol. The number of piperazine rings is 1. The van der Waals surface area contributed by atoms with Crippen molar-refractivity contribution in [1.82, 2.24) is 15.1 Å². The molecule has 0 aliphatic carbocycles. The molecule has 0 atom stereocenters. The smallest absolute Gasteiger partial charge is 0.246 e. The van der Waals surface area contributed by atoms with Crippen LogP contribution in [0.4, 0.5) is 10.2 Å². The van der Waals surface area contributed by atoms with E-state index in [-0.39, 0.29) is 27.9 Å². The van der Waals surface area contributed by atoms with Crippen molar-refractivity contribution in [2.75, 3.05) is 31.1 Å². The SMILES string of the molecule is C=CC(=O)N1CCN(c2nnc(Oc3ccccc3)c3cc(/C(C(=C)F)=C(\O)C=C)c(Cl)cc23)CC1. The highest BCUT2D eigenvalue weighted by atomic mass is 35.5. The monoisotopic (exact) mass is 506 g/mol. The van der Waals surface area contributed by atoms with Crippen LogP contribution >= 0.6 is 11.6 Å². The van der Waals surface area contributed by atoms with Crippen molar-refractivity contribution in [1.29, 1.82) is 0 Å². The van der Waals surface area contributed by atoms with E-state index in [1.54, 1.807) is 29.2 Å². The van der Waals surface area contributed by atoms with Gasteiger partial charge in [0.05, 0.1) is 11.0 Å². The number of nitrogens with zero attached hydrogens (tertiary/aromatic N) is 4. The Morgan fingerprint density at radius 1 is 1.06 bits per heavy atom. The Labute approximate surface area is 213 Å². The molecule has 36 heavy (non-hydrogen) atoms. The fourth-order valence-corrected chi connectivity index (χ4v) is 4.29. The van der Waals surface area contributed by atoms with Crippen LogP contribution in [0.3, 0.4) is 0 Å². The van der Waals surface area contributed by atoms with Crippen molar-refractivity contribution in [2.24, 2.45) is 0 Å². The van der Waals surface area contributed by atoms with Gasteiger partial charge in [0.25, 0.3) is 0 Å². The van der Waals surface area contributed by atoms with E-state index in [4.69, 9.17) is 16.3 Å². The Bertz CT molecular complexity index is 1380. The number of aliphatic hydroxyl groups is 1. The molecular weight excluding hydrogens is 483 g/mol. The molecule has 0 spiro atoms. The minimum Gasteiger partial charge on any atom is -0.507 e. The number of ether oxygens (including phenoxy) is 1. The molecule has 2 heterocycles. The lowest BCUT2D eigenvalue weighted by atomic mass is 9.99. The molecular formula is C27H24ClFN4O3. The first-order valence-corrected chi connectivity index (χ1v) is 11.5. The van der Waals surface area contributed by atoms with Crippen LogP contribution in [-0.2, 0) is 4.79 Å². The molecule has 0 bridgehead atoms. The second-order valence-electron chi connectivity index (χ2n) is 8.01. The number of carbonyl (C=O) groups is 1. The van der Waals surface area contributed by atoms with Crippen molar-refractivity contribution in [3.8, 4) is 11.6 Å². The van der Waals surface area contributed by atoms with E-state index in [1.165, 1.54) is 6.08 Å². The lowest BCUT2D eigenvalue weighted by molar-refractivity contribution is -0.126. The fraction of sp³-hybridized carbons (Fsp3) is 0.148. The fourth-order valence-electron chi connectivity index (χ4n) is 4.03. The van der Waals surface area contributed by atoms with Gasteiger partial charge in [0.1, 0.15) is 17.3 Å². The summed E-state index contributed by atoms with van der Waals surface area (Å²) in [6.45, 7) is 12.4. The predicted molar refractivity (Wildman–Crippen MR) is 140 cm³/mol. The molecule has 184 valence electrons. The van der Waals surface area contributed by atoms with Crippen LogP contribution in [0.25, 0.3) is 16.3 Å². The molecule has 1 aliphatic heterocycles. The third kappa shape index (κ3) is 4.94. The van der Waals surface area contributed by atoms with Crippen molar-refractivity contribution >= 4 is 39.7 Å². The third-order valence-corrected chi connectivity index (χ3v) is 6.14. The highest BCUT2D eigenvalue weighted by Crippen LogP contribution is 2.40. The van der Waals surface area contributed by atoms with E-state index in [0.717, 1.165) is 6.08 Å². The zero-order valence-electron chi connectivity index (χ0n) is 19.5. The molecule has 0 unspecified atom stereocenters. The molecule has 1 aliphatic rings. The Morgan fingerprint density at radius 2 is 1.75 bits per heavy atom. The molecule has 2 aromatic carbocycles. The summed E-state index contributed by atoms with van der Waals surface area (Å²) in [6, 6.07) is 12.3. The number of para-hydroxylation sites is 1. The summed E-state index contributed by atoms with van der Waals surface area (Å²) in [4.78, 5) is 15.7. The number of hydrogen-bond acceptors (Lipinski definition) is 6. The number of aliphatic hydroxyl groups excluding tert-OH is 1. The zero-order valence-corrected chi connectivity index (χ0v) is 20.2. The van der Waals surface area contributed by atoms with Gasteiger partial charge >= 0.3 is 0 Å². The normalized spacial score (nSPS) is 14.3. The molecule has 3 aromatic rings. The second-order valence-corrected chi connectivity index (χ2v) is 8.41. The first-order chi connectivity index (χ1) is 17.3. The van der Waals surface area contributed by atoms with E-state index >= 15 is 0 Å². The van der Waals surface area contributed by atoms with Crippen LogP contribution in [-0.4, -0.2) is 52.3 Å². The summed E-state index contributed by atoms with van der Waals surface area (Å²) in [7, 11) is 0. The van der Waals surface area contributed by atoms with Gasteiger partial charge in [-0.05, 0) is 36.4 Å². The van der Waals surface area contributed by atoms with Crippen LogP contribution in [0.5, 0.6) is 11.6 Å². The van der Waals surface area contributed by atoms with Gasteiger partial charge in [0.2, 0.25) is 11.8 Å². The molecule has 1 fully saturated rings. The Hall–Kier alpha value is -4.17. The minimum atomic E-state index is -0.871. The quantitative estimate of drug-likeness (QED) is 0.246. The number of amides is 1. The average Bonchev–Trinajstić information content (AvgIpc) is 2.89. The number of anilines is 1. The Morgan fingerprint density at radius 3 is 2.36 bits per heavy atom. The van der Waals surface area contributed by atoms with Crippen molar-refractivity contribution in [2.45, 2.75) is 0 Å². The number of halogens is 2. The number of rotatable bonds is 7. The number of benzene rings is 2. The number of allylic oxidation sites excluding steroid dienone is 3. The third-order valence-electron chi connectivity index (χ3n) is 5.83. The topological polar surface area (TPSA) is 78.8 Å². The van der Waals surface area contributed by atoms with Gasteiger partial charge in [-0.2, -0.15) is 0 Å². The standard InChI is InChI=1S/C27H24ClFN4O3/c1-4-23(34)25(17(3)29)21-15-20-19(16-22(21)28)26(33-13-11-32(12-14-33)24(35)5-2)30-31-27(20)36-18-9-7-6-8-10-18/h4-10,15-16,34H,1-3,11-14H2/b25-23-. The molecule has 1 N–H and O–H groups in total. The summed E-state index contributed by atoms with van der Waals surface area (Å²) >= 11 is 6.59. The predicted octanol–water partition coefficient (Wildman–Crippen LogP) is 5.85. The maximum atomic E-state index is 14.4. The molecule has 0 radical (unpaired) electrons. The number of hydrogen-bond donors (Lipinski definition) is 1. The molecule has 4 rings (SSSR count). The van der Waals surface area contributed by atoms with Crippen molar-refractivity contribution in [3.05, 3.63) is 96.5 Å². The van der Waals surface area contributed by atoms with Gasteiger partial charge in [-0.25, -0.2) is 4.39 Å². The highest BCUT2D eigenvalue weighted by molar-refractivity contribution is 6.33. The van der Waals surface area contributed by atoms with E-state index in [1.807, 2.05) is 23.1 Å². The Balaban J connectivity index is 1.86. The van der Waals surface area contributed by atoms with Gasteiger partial charge in [0.15, 0.2) is 5.82 Å². The van der Waals surface area contributed by atoms with E-state index in [9.17, 15) is 14.3 Å². The van der Waals surface area contributed by atoms with Crippen LogP contribution in [0.2, 0.25) is 5.02 Å². The van der Waals surface area contributed by atoms with E-state index < -0.39 is 11.6 Å². The summed E-state index contributed by atoms with van der Waals surface area (Å²) in [5.41, 5.74) is 0.0183. The van der Waals surface area contributed by atoms with Gasteiger partial charge in [-0.15, -0.1) is 10.2 Å². The Kier molecular flexibility index (Phi) is 7.36. The molecule has 7 nitrogen and oxygen atoms in total. The molecule has 1 aromatic heterocycles. The number of fused-ring (bicyclic) bond motifs is 1. The maximum absolute atomic E-state index is 14.4. The maximum Gasteiger partial charge on any atom is 0.246 e. The van der Waals surface area contributed by atoms with Crippen molar-refractivity contribution in [3.63, 3.8) is 0 Å². The summed E-state index contributed by atoms with van der Waals surface area (Å²) in [5, 5.41) is 20.3. The van der Waals surface area contributed by atoms with Crippen LogP contribution in [0.1, 0.15) is 5.56 Å². The summed E-state index contributed by atoms with van der Waals surface area (Å²) < 4.78 is 20.4. The van der Waals surface area contributed by atoms with E-state index in [2.05, 4.69) is 29.9 Å². The largest absolute Gasteiger partial charge is 0.507 e. The number of aromatic nitrogens is 2. The second kappa shape index (κ2) is 10.6. The van der Waals surface area contributed by atoms with Gasteiger partial charge in [-0.1, -0.05) is 49.5 Å². The van der Waals surface area contributed by atoms with Gasteiger partial charge < -0.3 is 19.6 Å². The first-order valence-electron chi connectivity index (χ1n) is 11.1. The van der Waals surface area contributed by atoms with E-state index in [0.29, 0.717) is 48.5 Å². The van der Waals surface area contributed by atoms with Crippen LogP contribution in [0.15, 0.2) is 85.9 Å².